The van der Waals surface area contributed by atoms with E-state index in [-0.39, 0.29) is 0 Å². The van der Waals surface area contributed by atoms with E-state index in [9.17, 15) is 5.26 Å². The predicted molar refractivity (Wildman–Crippen MR) is 132 cm³/mol. The normalized spacial score (nSPS) is 17.4. The largest absolute Gasteiger partial charge is 0.393 e. The highest BCUT2D eigenvalue weighted by molar-refractivity contribution is 6.08. The molecule has 2 fully saturated rings. The number of hydrogen-bond donors (Lipinski definition) is 2. The number of aromatic nitrogens is 3. The molecule has 2 aliphatic rings. The van der Waals surface area contributed by atoms with Crippen LogP contribution in [0.4, 0.5) is 5.82 Å². The minimum absolute atomic E-state index is 0.507. The number of fused-ring (bicyclic) bond motifs is 1. The van der Waals surface area contributed by atoms with Crippen molar-refractivity contribution < 1.29 is 4.74 Å². The Balaban J connectivity index is 1.41. The van der Waals surface area contributed by atoms with Gasteiger partial charge < -0.3 is 20.4 Å². The summed E-state index contributed by atoms with van der Waals surface area (Å²) in [6.07, 6.45) is 8.35. The molecule has 0 unspecified atom stereocenters. The lowest BCUT2D eigenvalue weighted by molar-refractivity contribution is -0.0469. The molecule has 0 atom stereocenters. The summed E-state index contributed by atoms with van der Waals surface area (Å²) in [5.74, 6) is 1.65. The number of nitriles is 1. The van der Waals surface area contributed by atoms with Crippen molar-refractivity contribution in [3.8, 4) is 17.2 Å². The van der Waals surface area contributed by atoms with E-state index in [1.807, 2.05) is 18.5 Å². The number of nitrogens with one attached hydrogen (secondary N) is 2. The van der Waals surface area contributed by atoms with Crippen LogP contribution in [0.15, 0.2) is 43.0 Å². The van der Waals surface area contributed by atoms with Crippen molar-refractivity contribution in [1.82, 2.24) is 24.8 Å². The first-order chi connectivity index (χ1) is 16.7. The Bertz CT molecular complexity index is 1240. The second-order valence-corrected chi connectivity index (χ2v) is 8.73. The van der Waals surface area contributed by atoms with E-state index in [1.54, 1.807) is 24.0 Å². The van der Waals surface area contributed by atoms with Crippen LogP contribution < -0.4 is 10.2 Å². The van der Waals surface area contributed by atoms with Crippen molar-refractivity contribution in [2.75, 3.05) is 57.9 Å². The van der Waals surface area contributed by atoms with E-state index in [1.165, 1.54) is 6.21 Å². The smallest absolute Gasteiger partial charge is 0.128 e. The summed E-state index contributed by atoms with van der Waals surface area (Å²) >= 11 is 0. The van der Waals surface area contributed by atoms with Crippen molar-refractivity contribution in [2.45, 2.75) is 0 Å². The second kappa shape index (κ2) is 9.63. The van der Waals surface area contributed by atoms with Gasteiger partial charge in [-0.15, -0.1) is 0 Å². The van der Waals surface area contributed by atoms with Gasteiger partial charge in [-0.25, -0.2) is 9.50 Å². The topological polar surface area (TPSA) is 106 Å². The zero-order valence-corrected chi connectivity index (χ0v) is 19.2. The molecule has 0 amide bonds. The van der Waals surface area contributed by atoms with E-state index in [0.29, 0.717) is 11.5 Å². The molecule has 9 nitrogen and oxygen atoms in total. The molecule has 3 aromatic heterocycles. The number of anilines is 1. The quantitative estimate of drug-likeness (QED) is 0.525. The fourth-order valence-electron chi connectivity index (χ4n) is 4.59. The standard InChI is InChI=1S/C25H28N8O/c1-28-11-21(9-26)20-8-23(25-22(10-27)13-30-33(25)15-20)19-2-3-24(29-12-19)32-6-4-31(5-7-32)14-18-16-34-17-18/h2-3,8-9,11-13,15,18,26,28H,4-7,14,16-17H2,1H3/b21-11+,26-9?. The lowest BCUT2D eigenvalue weighted by atomic mass is 10.0. The SMILES string of the molecule is CN/C=C(\C=N)c1cc(-c2ccc(N3CCN(CC4COC4)CC3)nc2)c2c(C#N)cnn2c1. The van der Waals surface area contributed by atoms with Crippen LogP contribution in [0.2, 0.25) is 0 Å². The third kappa shape index (κ3) is 4.25. The summed E-state index contributed by atoms with van der Waals surface area (Å²) in [5.41, 5.74) is 4.56. The van der Waals surface area contributed by atoms with Gasteiger partial charge in [-0.05, 0) is 18.2 Å². The van der Waals surface area contributed by atoms with Gasteiger partial charge in [0.2, 0.25) is 0 Å². The molecule has 9 heteroatoms. The van der Waals surface area contributed by atoms with Crippen LogP contribution in [0.1, 0.15) is 11.1 Å². The Kier molecular flexibility index (Phi) is 6.25. The maximum atomic E-state index is 9.62. The van der Waals surface area contributed by atoms with Gasteiger partial charge in [0.25, 0.3) is 0 Å². The van der Waals surface area contributed by atoms with E-state index in [2.05, 4.69) is 38.4 Å². The fraction of sp³-hybridized carbons (Fsp3) is 0.360. The molecule has 3 aromatic rings. The third-order valence-electron chi connectivity index (χ3n) is 6.50. The van der Waals surface area contributed by atoms with Crippen LogP contribution in [-0.4, -0.2) is 78.7 Å². The molecule has 2 N–H and O–H groups in total. The van der Waals surface area contributed by atoms with Gasteiger partial charge in [0.1, 0.15) is 11.9 Å². The number of hydrogen-bond acceptors (Lipinski definition) is 8. The number of pyridine rings is 2. The van der Waals surface area contributed by atoms with Crippen molar-refractivity contribution in [2.24, 2.45) is 5.92 Å². The molecular formula is C25H28N8O. The monoisotopic (exact) mass is 456 g/mol. The molecule has 0 aromatic carbocycles. The Labute approximate surface area is 198 Å². The van der Waals surface area contributed by atoms with Gasteiger partial charge in [-0.2, -0.15) is 10.4 Å². The lowest BCUT2D eigenvalue weighted by Crippen LogP contribution is -2.50. The molecule has 0 saturated carbocycles. The number of ether oxygens (including phenoxy) is 1. The highest BCUT2D eigenvalue weighted by atomic mass is 16.5. The lowest BCUT2D eigenvalue weighted by Gasteiger charge is -2.38. The van der Waals surface area contributed by atoms with Crippen molar-refractivity contribution >= 4 is 23.1 Å². The average molecular weight is 457 g/mol. The van der Waals surface area contributed by atoms with E-state index in [4.69, 9.17) is 15.1 Å². The number of allylic oxidation sites excluding steroid dienone is 1. The Morgan fingerprint density at radius 2 is 2.09 bits per heavy atom. The third-order valence-corrected chi connectivity index (χ3v) is 6.50. The summed E-state index contributed by atoms with van der Waals surface area (Å²) in [7, 11) is 1.80. The Morgan fingerprint density at radius 3 is 2.71 bits per heavy atom. The molecule has 5 rings (SSSR count). The molecule has 0 spiro atoms. The average Bonchev–Trinajstić information content (AvgIpc) is 3.28. The predicted octanol–water partition coefficient (Wildman–Crippen LogP) is 2.25. The van der Waals surface area contributed by atoms with E-state index in [0.717, 1.165) is 79.5 Å². The fourth-order valence-corrected chi connectivity index (χ4v) is 4.59. The van der Waals surface area contributed by atoms with Gasteiger partial charge in [0.15, 0.2) is 0 Å². The van der Waals surface area contributed by atoms with Crippen LogP contribution >= 0.6 is 0 Å². The van der Waals surface area contributed by atoms with Crippen molar-refractivity contribution in [3.63, 3.8) is 0 Å². The first kappa shape index (κ1) is 22.1. The molecular weight excluding hydrogens is 428 g/mol. The highest BCUT2D eigenvalue weighted by Gasteiger charge is 2.25. The molecule has 2 saturated heterocycles. The summed E-state index contributed by atoms with van der Waals surface area (Å²) in [5, 5.41) is 24.8. The minimum Gasteiger partial charge on any atom is -0.393 e. The summed E-state index contributed by atoms with van der Waals surface area (Å²) < 4.78 is 7.01. The van der Waals surface area contributed by atoms with Crippen LogP contribution in [0.25, 0.3) is 22.2 Å². The molecule has 2 aliphatic heterocycles. The van der Waals surface area contributed by atoms with Crippen LogP contribution in [0.3, 0.4) is 0 Å². The summed E-state index contributed by atoms with van der Waals surface area (Å²) in [6, 6.07) is 8.34. The first-order valence-electron chi connectivity index (χ1n) is 11.5. The molecule has 5 heterocycles. The zero-order chi connectivity index (χ0) is 23.5. The molecule has 0 radical (unpaired) electrons. The van der Waals surface area contributed by atoms with Crippen LogP contribution in [0, 0.1) is 22.7 Å². The van der Waals surface area contributed by atoms with E-state index < -0.39 is 0 Å². The van der Waals surface area contributed by atoms with Crippen LogP contribution in [0.5, 0.6) is 0 Å². The number of rotatable bonds is 7. The summed E-state index contributed by atoms with van der Waals surface area (Å²) in [4.78, 5) is 9.61. The maximum Gasteiger partial charge on any atom is 0.128 e. The Morgan fingerprint density at radius 1 is 1.26 bits per heavy atom. The maximum absolute atomic E-state index is 9.62. The second-order valence-electron chi connectivity index (χ2n) is 8.73. The van der Waals surface area contributed by atoms with Crippen molar-refractivity contribution in [1.29, 1.82) is 10.7 Å². The van der Waals surface area contributed by atoms with Gasteiger partial charge in [-0.3, -0.25) is 4.90 Å². The highest BCUT2D eigenvalue weighted by Crippen LogP contribution is 2.30. The minimum atomic E-state index is 0.507. The molecule has 34 heavy (non-hydrogen) atoms. The zero-order valence-electron chi connectivity index (χ0n) is 19.2. The van der Waals surface area contributed by atoms with Crippen molar-refractivity contribution in [3.05, 3.63) is 54.1 Å². The molecule has 0 aliphatic carbocycles. The first-order valence-corrected chi connectivity index (χ1v) is 11.5. The molecule has 0 bridgehead atoms. The van der Waals surface area contributed by atoms with Gasteiger partial charge in [-0.1, -0.05) is 0 Å². The number of piperazine rings is 1. The number of nitrogens with zero attached hydrogens (tertiary/aromatic N) is 6. The Hall–Kier alpha value is -3.74. The molecule has 174 valence electrons. The van der Waals surface area contributed by atoms with E-state index >= 15 is 0 Å². The summed E-state index contributed by atoms with van der Waals surface area (Å²) in [6.45, 7) is 6.90. The van der Waals surface area contributed by atoms with Crippen LogP contribution in [-0.2, 0) is 4.74 Å². The van der Waals surface area contributed by atoms with Gasteiger partial charge in [0, 0.05) is 92.8 Å². The van der Waals surface area contributed by atoms with Gasteiger partial charge in [0.05, 0.1) is 30.5 Å². The van der Waals surface area contributed by atoms with Gasteiger partial charge >= 0.3 is 0 Å².